The molecule has 162 valence electrons. The molecule has 0 amide bonds. The molecule has 0 saturated heterocycles. The Balaban J connectivity index is 1.91. The second-order valence-corrected chi connectivity index (χ2v) is 9.32. The lowest BCUT2D eigenvalue weighted by Crippen LogP contribution is -2.06. The number of aromatic nitrogens is 3. The molecule has 0 aliphatic carbocycles. The first-order chi connectivity index (χ1) is 15.3. The van der Waals surface area contributed by atoms with Gasteiger partial charge < -0.3 is 5.11 Å². The van der Waals surface area contributed by atoms with Crippen LogP contribution in [0.1, 0.15) is 22.8 Å². The average Bonchev–Trinajstić information content (AvgIpc) is 3.26. The van der Waals surface area contributed by atoms with E-state index in [-0.39, 0.29) is 21.2 Å². The molecule has 0 fully saturated rings. The summed E-state index contributed by atoms with van der Waals surface area (Å²) in [6.45, 7) is 1.99. The summed E-state index contributed by atoms with van der Waals surface area (Å²) in [4.78, 5) is 11.3. The lowest BCUT2D eigenvalue weighted by molar-refractivity contribution is 0.0697. The van der Waals surface area contributed by atoms with Crippen LogP contribution in [0.15, 0.2) is 82.7 Å². The van der Waals surface area contributed by atoms with Crippen molar-refractivity contribution < 1.29 is 18.3 Å². The first-order valence-corrected chi connectivity index (χ1v) is 11.6. The van der Waals surface area contributed by atoms with Gasteiger partial charge in [0.25, 0.3) is 0 Å². The van der Waals surface area contributed by atoms with Crippen LogP contribution >= 0.6 is 11.6 Å². The van der Waals surface area contributed by atoms with E-state index in [0.717, 1.165) is 12.0 Å². The van der Waals surface area contributed by atoms with Crippen molar-refractivity contribution >= 4 is 27.4 Å². The predicted octanol–water partition coefficient (Wildman–Crippen LogP) is 4.68. The third-order valence-electron chi connectivity index (χ3n) is 5.01. The number of hydrogen-bond donors (Lipinski definition) is 1. The molecular weight excluding hydrogens is 450 g/mol. The van der Waals surface area contributed by atoms with Gasteiger partial charge in [0.2, 0.25) is 14.9 Å². The van der Waals surface area contributed by atoms with Crippen LogP contribution in [0.25, 0.3) is 16.9 Å². The van der Waals surface area contributed by atoms with Gasteiger partial charge in [-0.05, 0) is 60.5 Å². The number of sulfone groups is 1. The summed E-state index contributed by atoms with van der Waals surface area (Å²) in [5.41, 5.74) is 2.39. The van der Waals surface area contributed by atoms with E-state index in [1.54, 1.807) is 60.7 Å². The summed E-state index contributed by atoms with van der Waals surface area (Å²) in [7, 11) is -3.98. The summed E-state index contributed by atoms with van der Waals surface area (Å²) in [5, 5.41) is 17.6. The molecule has 9 heteroatoms. The van der Waals surface area contributed by atoms with Gasteiger partial charge in [-0.2, -0.15) is 0 Å². The fourth-order valence-electron chi connectivity index (χ4n) is 3.24. The molecule has 7 nitrogen and oxygen atoms in total. The number of carbonyl (C=O) groups is 1. The van der Waals surface area contributed by atoms with Crippen molar-refractivity contribution in [3.8, 4) is 16.9 Å². The minimum Gasteiger partial charge on any atom is -0.478 e. The highest BCUT2D eigenvalue weighted by Gasteiger charge is 2.29. The first-order valence-electron chi connectivity index (χ1n) is 9.70. The molecule has 32 heavy (non-hydrogen) atoms. The van der Waals surface area contributed by atoms with Crippen LogP contribution in [-0.2, 0) is 16.3 Å². The molecule has 0 aliphatic rings. The van der Waals surface area contributed by atoms with E-state index in [1.807, 2.05) is 6.92 Å². The molecule has 4 aromatic rings. The molecule has 0 saturated carbocycles. The Kier molecular flexibility index (Phi) is 5.82. The summed E-state index contributed by atoms with van der Waals surface area (Å²) in [6, 6.07) is 19.2. The van der Waals surface area contributed by atoms with Crippen LogP contribution in [0, 0.1) is 0 Å². The molecule has 1 N–H and O–H groups in total. The smallest absolute Gasteiger partial charge is 0.335 e. The zero-order valence-corrected chi connectivity index (χ0v) is 18.5. The van der Waals surface area contributed by atoms with Gasteiger partial charge in [0, 0.05) is 10.6 Å². The molecule has 0 radical (unpaired) electrons. The molecular formula is C23H18ClN3O4S. The number of nitrogens with zero attached hydrogens (tertiary/aromatic N) is 3. The summed E-state index contributed by atoms with van der Waals surface area (Å²) >= 11 is 6.02. The van der Waals surface area contributed by atoms with Crippen molar-refractivity contribution in [2.45, 2.75) is 23.3 Å². The van der Waals surface area contributed by atoms with E-state index in [0.29, 0.717) is 16.3 Å². The predicted molar refractivity (Wildman–Crippen MR) is 120 cm³/mol. The van der Waals surface area contributed by atoms with E-state index < -0.39 is 15.8 Å². The normalized spacial score (nSPS) is 11.4. The molecule has 0 bridgehead atoms. The third kappa shape index (κ3) is 4.02. The van der Waals surface area contributed by atoms with Crippen molar-refractivity contribution in [2.75, 3.05) is 0 Å². The van der Waals surface area contributed by atoms with Gasteiger partial charge in [-0.3, -0.25) is 0 Å². The highest BCUT2D eigenvalue weighted by atomic mass is 35.5. The van der Waals surface area contributed by atoms with Gasteiger partial charge in [0.15, 0.2) is 0 Å². The number of aromatic carboxylic acids is 1. The number of hydrogen-bond acceptors (Lipinski definition) is 5. The fourth-order valence-corrected chi connectivity index (χ4v) is 4.69. The number of carboxylic acid groups (broad SMARTS) is 1. The van der Waals surface area contributed by atoms with Crippen LogP contribution in [0.3, 0.4) is 0 Å². The van der Waals surface area contributed by atoms with E-state index in [2.05, 4.69) is 10.3 Å². The molecule has 0 aliphatic heterocycles. The van der Waals surface area contributed by atoms with Crippen LogP contribution in [0.2, 0.25) is 5.02 Å². The molecule has 3 aromatic carbocycles. The van der Waals surface area contributed by atoms with Crippen molar-refractivity contribution in [2.24, 2.45) is 0 Å². The number of aryl methyl sites for hydroxylation is 1. The lowest BCUT2D eigenvalue weighted by Gasteiger charge is -2.10. The maximum Gasteiger partial charge on any atom is 0.335 e. The van der Waals surface area contributed by atoms with Crippen LogP contribution in [-0.4, -0.2) is 34.5 Å². The Bertz CT molecular complexity index is 1380. The van der Waals surface area contributed by atoms with E-state index in [9.17, 15) is 13.2 Å². The van der Waals surface area contributed by atoms with Crippen LogP contribution in [0.5, 0.6) is 0 Å². The topological polar surface area (TPSA) is 102 Å². The zero-order valence-electron chi connectivity index (χ0n) is 16.9. The number of halogens is 1. The molecule has 0 spiro atoms. The molecule has 4 rings (SSSR count). The largest absolute Gasteiger partial charge is 0.478 e. The van der Waals surface area contributed by atoms with Crippen molar-refractivity contribution in [1.82, 2.24) is 15.0 Å². The monoisotopic (exact) mass is 467 g/mol. The van der Waals surface area contributed by atoms with Crippen LogP contribution < -0.4 is 0 Å². The molecule has 0 atom stereocenters. The molecule has 0 unspecified atom stereocenters. The van der Waals surface area contributed by atoms with Gasteiger partial charge in [-0.15, -0.1) is 5.10 Å². The quantitative estimate of drug-likeness (QED) is 0.441. The van der Waals surface area contributed by atoms with Gasteiger partial charge >= 0.3 is 5.97 Å². The maximum atomic E-state index is 13.5. The Hall–Kier alpha value is -3.49. The van der Waals surface area contributed by atoms with Gasteiger partial charge in [0.1, 0.15) is 5.69 Å². The summed E-state index contributed by atoms with van der Waals surface area (Å²) in [6.07, 6.45) is 0.791. The number of benzene rings is 3. The van der Waals surface area contributed by atoms with E-state index >= 15 is 0 Å². The van der Waals surface area contributed by atoms with Crippen molar-refractivity contribution in [3.63, 3.8) is 0 Å². The molecule has 1 heterocycles. The summed E-state index contributed by atoms with van der Waals surface area (Å²) < 4.78 is 28.3. The third-order valence-corrected chi connectivity index (χ3v) is 6.94. The number of rotatable bonds is 6. The minimum atomic E-state index is -3.98. The van der Waals surface area contributed by atoms with Gasteiger partial charge in [-0.1, -0.05) is 48.0 Å². The summed E-state index contributed by atoms with van der Waals surface area (Å²) in [5.74, 6) is -1.06. The van der Waals surface area contributed by atoms with Crippen LogP contribution in [0.4, 0.5) is 0 Å². The van der Waals surface area contributed by atoms with Gasteiger partial charge in [-0.25, -0.2) is 17.9 Å². The Morgan fingerprint density at radius 1 is 0.969 bits per heavy atom. The second kappa shape index (κ2) is 8.57. The zero-order chi connectivity index (χ0) is 22.9. The maximum absolute atomic E-state index is 13.5. The highest BCUT2D eigenvalue weighted by Crippen LogP contribution is 2.32. The fraction of sp³-hybridized carbons (Fsp3) is 0.0870. The van der Waals surface area contributed by atoms with Crippen molar-refractivity contribution in [3.05, 3.63) is 88.9 Å². The lowest BCUT2D eigenvalue weighted by atomic mass is 10.1. The first kappa shape index (κ1) is 21.7. The van der Waals surface area contributed by atoms with E-state index in [1.165, 1.54) is 16.8 Å². The van der Waals surface area contributed by atoms with Gasteiger partial charge in [0.05, 0.1) is 16.1 Å². The number of carboxylic acids is 1. The van der Waals surface area contributed by atoms with Crippen molar-refractivity contribution in [1.29, 1.82) is 0 Å². The second-order valence-electron chi connectivity index (χ2n) is 7.01. The standard InChI is InChI=1S/C23H18ClN3O4S/c1-2-15-3-13-20(14-4-15)32(30,31)22-21(16-5-9-18(24)10-6-16)27(26-25-22)19-11-7-17(8-12-19)23(28)29/h3-14H,2H2,1H3,(H,28,29). The molecule has 1 aromatic heterocycles. The minimum absolute atomic E-state index is 0.103. The Morgan fingerprint density at radius 3 is 2.16 bits per heavy atom. The Morgan fingerprint density at radius 2 is 1.59 bits per heavy atom. The average molecular weight is 468 g/mol. The Labute approximate surface area is 189 Å². The van der Waals surface area contributed by atoms with E-state index in [4.69, 9.17) is 16.7 Å². The SMILES string of the molecule is CCc1ccc(S(=O)(=O)c2nnn(-c3ccc(C(=O)O)cc3)c2-c2ccc(Cl)cc2)cc1. The highest BCUT2D eigenvalue weighted by molar-refractivity contribution is 7.91.